The van der Waals surface area contributed by atoms with Crippen LogP contribution >= 0.6 is 0 Å². The van der Waals surface area contributed by atoms with Crippen molar-refractivity contribution in [3.63, 3.8) is 0 Å². The molecule has 0 aromatic carbocycles. The molecule has 102 valence electrons. The van der Waals surface area contributed by atoms with Crippen LogP contribution in [0.2, 0.25) is 0 Å². The van der Waals surface area contributed by atoms with Gasteiger partial charge in [-0.15, -0.1) is 10.2 Å². The lowest BCUT2D eigenvalue weighted by Crippen LogP contribution is -2.16. The minimum atomic E-state index is -0.402. The van der Waals surface area contributed by atoms with Crippen molar-refractivity contribution in [1.29, 1.82) is 0 Å². The molecule has 2 heterocycles. The fraction of sp³-hybridized carbons (Fsp3) is 0.417. The lowest BCUT2D eigenvalue weighted by Gasteiger charge is -2.03. The molecule has 0 radical (unpaired) electrons. The number of rotatable bonds is 6. The summed E-state index contributed by atoms with van der Waals surface area (Å²) in [5.74, 6) is 1.13. The number of aryl methyl sites for hydroxylation is 1. The number of carbonyl (C=O) groups is 1. The van der Waals surface area contributed by atoms with Gasteiger partial charge in [-0.1, -0.05) is 0 Å². The Morgan fingerprint density at radius 1 is 1.53 bits per heavy atom. The Kier molecular flexibility index (Phi) is 4.30. The topological polar surface area (TPSA) is 82.2 Å². The second-order valence-electron chi connectivity index (χ2n) is 3.93. The maximum absolute atomic E-state index is 11.2. The predicted octanol–water partition coefficient (Wildman–Crippen LogP) is 0.967. The van der Waals surface area contributed by atoms with Crippen molar-refractivity contribution in [3.05, 3.63) is 35.8 Å². The molecule has 19 heavy (non-hydrogen) atoms. The molecule has 7 heteroatoms. The first-order chi connectivity index (χ1) is 9.24. The number of hydrogen-bond acceptors (Lipinski definition) is 6. The minimum Gasteiger partial charge on any atom is -0.467 e. The Balaban J connectivity index is 1.86. The summed E-state index contributed by atoms with van der Waals surface area (Å²) < 4.78 is 11.8. The zero-order chi connectivity index (χ0) is 13.7. The van der Waals surface area contributed by atoms with E-state index in [0.29, 0.717) is 24.4 Å². The van der Waals surface area contributed by atoms with E-state index in [4.69, 9.17) is 4.42 Å². The van der Waals surface area contributed by atoms with Crippen molar-refractivity contribution >= 4 is 5.97 Å². The summed E-state index contributed by atoms with van der Waals surface area (Å²) in [7, 11) is 1.34. The van der Waals surface area contributed by atoms with Crippen LogP contribution in [0.5, 0.6) is 0 Å². The van der Waals surface area contributed by atoms with Gasteiger partial charge < -0.3 is 19.0 Å². The highest BCUT2D eigenvalue weighted by Crippen LogP contribution is 2.09. The lowest BCUT2D eigenvalue weighted by atomic mass is 10.3. The number of furan rings is 1. The minimum absolute atomic E-state index is 0.402. The average Bonchev–Trinajstić information content (AvgIpc) is 3.06. The third-order valence-electron chi connectivity index (χ3n) is 2.69. The quantitative estimate of drug-likeness (QED) is 0.783. The average molecular weight is 264 g/mol. The molecule has 0 amide bonds. The molecule has 0 aliphatic heterocycles. The van der Waals surface area contributed by atoms with Crippen molar-refractivity contribution in [1.82, 2.24) is 20.1 Å². The van der Waals surface area contributed by atoms with Gasteiger partial charge in [0.1, 0.15) is 24.2 Å². The fourth-order valence-electron chi connectivity index (χ4n) is 1.68. The molecule has 2 aromatic heterocycles. The summed E-state index contributed by atoms with van der Waals surface area (Å²) in [6.07, 6.45) is 3.08. The van der Waals surface area contributed by atoms with Crippen molar-refractivity contribution in [2.45, 2.75) is 26.6 Å². The van der Waals surface area contributed by atoms with E-state index in [1.807, 2.05) is 11.5 Å². The standard InChI is InChI=1S/C12H16N4O3/c1-3-16-8-14-15-11(16)6-13-5-10-4-9(7-19-10)12(17)18-2/h4,7-8,13H,3,5-6H2,1-2H3. The first kappa shape index (κ1) is 13.3. The van der Waals surface area contributed by atoms with Gasteiger partial charge in [-0.25, -0.2) is 4.79 Å². The molecule has 0 fully saturated rings. The SMILES string of the molecule is CCn1cnnc1CNCc1cc(C(=O)OC)co1. The summed E-state index contributed by atoms with van der Waals surface area (Å²) >= 11 is 0. The Bertz CT molecular complexity index is 547. The molecule has 1 N–H and O–H groups in total. The molecule has 2 aromatic rings. The molecular formula is C12H16N4O3. The second kappa shape index (κ2) is 6.14. The molecule has 0 spiro atoms. The number of nitrogens with zero attached hydrogens (tertiary/aromatic N) is 3. The molecule has 0 bridgehead atoms. The Morgan fingerprint density at radius 2 is 2.37 bits per heavy atom. The van der Waals surface area contributed by atoms with Crippen LogP contribution in [0.15, 0.2) is 23.1 Å². The second-order valence-corrected chi connectivity index (χ2v) is 3.93. The molecule has 0 saturated heterocycles. The number of nitrogens with one attached hydrogen (secondary N) is 1. The molecule has 0 aliphatic rings. The van der Waals surface area contributed by atoms with E-state index in [0.717, 1.165) is 12.4 Å². The zero-order valence-corrected chi connectivity index (χ0v) is 10.9. The van der Waals surface area contributed by atoms with E-state index in [1.165, 1.54) is 13.4 Å². The van der Waals surface area contributed by atoms with E-state index in [-0.39, 0.29) is 0 Å². The van der Waals surface area contributed by atoms with Crippen LogP contribution < -0.4 is 5.32 Å². The molecule has 0 aliphatic carbocycles. The van der Waals surface area contributed by atoms with Gasteiger partial charge in [-0.3, -0.25) is 0 Å². The molecule has 0 atom stereocenters. The summed E-state index contributed by atoms with van der Waals surface area (Å²) in [4.78, 5) is 11.2. The molecule has 7 nitrogen and oxygen atoms in total. The third kappa shape index (κ3) is 3.19. The van der Waals surface area contributed by atoms with Gasteiger partial charge in [0, 0.05) is 6.54 Å². The van der Waals surface area contributed by atoms with Crippen LogP contribution in [0.25, 0.3) is 0 Å². The number of esters is 1. The Morgan fingerprint density at radius 3 is 3.11 bits per heavy atom. The van der Waals surface area contributed by atoms with Gasteiger partial charge in [0.15, 0.2) is 0 Å². The molecule has 2 rings (SSSR count). The van der Waals surface area contributed by atoms with Crippen LogP contribution in [0, 0.1) is 0 Å². The fourth-order valence-corrected chi connectivity index (χ4v) is 1.68. The van der Waals surface area contributed by atoms with Crippen LogP contribution in [0.3, 0.4) is 0 Å². The van der Waals surface area contributed by atoms with Gasteiger partial charge in [-0.2, -0.15) is 0 Å². The molecule has 0 saturated carbocycles. The van der Waals surface area contributed by atoms with Crippen LogP contribution in [-0.2, 0) is 24.4 Å². The van der Waals surface area contributed by atoms with Gasteiger partial charge in [0.25, 0.3) is 0 Å². The maximum Gasteiger partial charge on any atom is 0.341 e. The number of carbonyl (C=O) groups excluding carboxylic acids is 1. The van der Waals surface area contributed by atoms with Crippen LogP contribution in [-0.4, -0.2) is 27.8 Å². The van der Waals surface area contributed by atoms with Crippen LogP contribution in [0.1, 0.15) is 28.9 Å². The zero-order valence-electron chi connectivity index (χ0n) is 10.9. The summed E-state index contributed by atoms with van der Waals surface area (Å²) in [6, 6.07) is 1.66. The summed E-state index contributed by atoms with van der Waals surface area (Å²) in [5, 5.41) is 11.0. The first-order valence-electron chi connectivity index (χ1n) is 5.97. The van der Waals surface area contributed by atoms with Crippen LogP contribution in [0.4, 0.5) is 0 Å². The number of methoxy groups -OCH3 is 1. The van der Waals surface area contributed by atoms with E-state index in [1.54, 1.807) is 12.4 Å². The smallest absolute Gasteiger partial charge is 0.341 e. The number of aromatic nitrogens is 3. The van der Waals surface area contributed by atoms with E-state index in [2.05, 4.69) is 20.3 Å². The van der Waals surface area contributed by atoms with E-state index >= 15 is 0 Å². The highest BCUT2D eigenvalue weighted by atomic mass is 16.5. The normalized spacial score (nSPS) is 10.6. The predicted molar refractivity (Wildman–Crippen MR) is 66.3 cm³/mol. The third-order valence-corrected chi connectivity index (χ3v) is 2.69. The van der Waals surface area contributed by atoms with Crippen molar-refractivity contribution in [2.75, 3.05) is 7.11 Å². The van der Waals surface area contributed by atoms with Gasteiger partial charge in [0.2, 0.25) is 0 Å². The van der Waals surface area contributed by atoms with E-state index in [9.17, 15) is 4.79 Å². The summed E-state index contributed by atoms with van der Waals surface area (Å²) in [6.45, 7) is 3.95. The maximum atomic E-state index is 11.2. The van der Waals surface area contributed by atoms with Crippen molar-refractivity contribution in [2.24, 2.45) is 0 Å². The van der Waals surface area contributed by atoms with Gasteiger partial charge in [0.05, 0.1) is 25.8 Å². The number of ether oxygens (including phenoxy) is 1. The van der Waals surface area contributed by atoms with Crippen molar-refractivity contribution in [3.8, 4) is 0 Å². The highest BCUT2D eigenvalue weighted by Gasteiger charge is 2.10. The molecular weight excluding hydrogens is 248 g/mol. The van der Waals surface area contributed by atoms with E-state index < -0.39 is 5.97 Å². The lowest BCUT2D eigenvalue weighted by molar-refractivity contribution is 0.0600. The summed E-state index contributed by atoms with van der Waals surface area (Å²) in [5.41, 5.74) is 0.413. The van der Waals surface area contributed by atoms with Gasteiger partial charge >= 0.3 is 5.97 Å². The largest absolute Gasteiger partial charge is 0.467 e. The highest BCUT2D eigenvalue weighted by molar-refractivity contribution is 5.88. The van der Waals surface area contributed by atoms with Crippen molar-refractivity contribution < 1.29 is 13.9 Å². The monoisotopic (exact) mass is 264 g/mol. The molecule has 0 unspecified atom stereocenters. The Hall–Kier alpha value is -2.15. The van der Waals surface area contributed by atoms with Gasteiger partial charge in [-0.05, 0) is 13.0 Å². The first-order valence-corrected chi connectivity index (χ1v) is 5.97. The number of hydrogen-bond donors (Lipinski definition) is 1. The Labute approximate surface area is 110 Å².